The SMILES string of the molecule is COc1ccc(CNC(=S)N[C@@H](C)CCc2ccco2)cc1. The summed E-state index contributed by atoms with van der Waals surface area (Å²) in [5.41, 5.74) is 1.16. The molecular formula is C17H22N2O2S. The van der Waals surface area contributed by atoms with E-state index in [1.807, 2.05) is 36.4 Å². The second-order valence-corrected chi connectivity index (χ2v) is 5.60. The molecule has 2 rings (SSSR count). The monoisotopic (exact) mass is 318 g/mol. The van der Waals surface area contributed by atoms with E-state index in [-0.39, 0.29) is 0 Å². The number of benzene rings is 1. The quantitative estimate of drug-likeness (QED) is 0.767. The molecule has 118 valence electrons. The standard InChI is InChI=1S/C17H22N2O2S/c1-13(5-8-16-4-3-11-21-16)19-17(22)18-12-14-6-9-15(20-2)10-7-14/h3-4,6-7,9-11,13H,5,8,12H2,1-2H3,(H2,18,19,22)/t13-/m0/s1. The van der Waals surface area contributed by atoms with Gasteiger partial charge >= 0.3 is 0 Å². The maximum atomic E-state index is 5.33. The van der Waals surface area contributed by atoms with Crippen molar-refractivity contribution in [3.63, 3.8) is 0 Å². The van der Waals surface area contributed by atoms with Crippen molar-refractivity contribution >= 4 is 17.3 Å². The summed E-state index contributed by atoms with van der Waals surface area (Å²) in [6, 6.07) is 12.1. The van der Waals surface area contributed by atoms with E-state index < -0.39 is 0 Å². The van der Waals surface area contributed by atoms with Crippen LogP contribution in [0.4, 0.5) is 0 Å². The van der Waals surface area contributed by atoms with E-state index >= 15 is 0 Å². The first kappa shape index (κ1) is 16.4. The zero-order chi connectivity index (χ0) is 15.8. The third kappa shape index (κ3) is 5.41. The lowest BCUT2D eigenvalue weighted by atomic mass is 10.1. The highest BCUT2D eigenvalue weighted by Crippen LogP contribution is 2.11. The molecule has 0 aliphatic rings. The first-order valence-corrected chi connectivity index (χ1v) is 7.78. The van der Waals surface area contributed by atoms with Gasteiger partial charge in [-0.2, -0.15) is 0 Å². The van der Waals surface area contributed by atoms with E-state index in [4.69, 9.17) is 21.4 Å². The van der Waals surface area contributed by atoms with Crippen LogP contribution in [0.5, 0.6) is 5.75 Å². The van der Waals surface area contributed by atoms with Crippen LogP contribution in [0, 0.1) is 0 Å². The molecule has 0 unspecified atom stereocenters. The fraction of sp³-hybridized carbons (Fsp3) is 0.353. The van der Waals surface area contributed by atoms with Gasteiger partial charge in [-0.05, 0) is 55.4 Å². The van der Waals surface area contributed by atoms with Crippen molar-refractivity contribution in [1.29, 1.82) is 0 Å². The molecule has 1 atom stereocenters. The number of hydrogen-bond acceptors (Lipinski definition) is 3. The number of rotatable bonds is 7. The minimum absolute atomic E-state index is 0.293. The minimum Gasteiger partial charge on any atom is -0.497 e. The van der Waals surface area contributed by atoms with Crippen molar-refractivity contribution in [1.82, 2.24) is 10.6 Å². The average Bonchev–Trinajstić information content (AvgIpc) is 3.05. The molecule has 0 bridgehead atoms. The van der Waals surface area contributed by atoms with Crippen molar-refractivity contribution in [3.05, 3.63) is 54.0 Å². The summed E-state index contributed by atoms with van der Waals surface area (Å²) in [5, 5.41) is 7.17. The van der Waals surface area contributed by atoms with Crippen LogP contribution in [0.15, 0.2) is 47.1 Å². The molecule has 0 spiro atoms. The summed E-state index contributed by atoms with van der Waals surface area (Å²) in [7, 11) is 1.66. The molecule has 2 N–H and O–H groups in total. The maximum Gasteiger partial charge on any atom is 0.166 e. The second kappa shape index (κ2) is 8.44. The van der Waals surface area contributed by atoms with Crippen LogP contribution in [-0.2, 0) is 13.0 Å². The van der Waals surface area contributed by atoms with Crippen molar-refractivity contribution in [2.45, 2.75) is 32.4 Å². The highest BCUT2D eigenvalue weighted by atomic mass is 32.1. The molecule has 1 aromatic carbocycles. The second-order valence-electron chi connectivity index (χ2n) is 5.19. The van der Waals surface area contributed by atoms with E-state index in [1.54, 1.807) is 13.4 Å². The average molecular weight is 318 g/mol. The van der Waals surface area contributed by atoms with E-state index in [0.717, 1.165) is 29.9 Å². The van der Waals surface area contributed by atoms with Crippen LogP contribution in [0.2, 0.25) is 0 Å². The third-order valence-corrected chi connectivity index (χ3v) is 3.66. The van der Waals surface area contributed by atoms with Crippen molar-refractivity contribution in [3.8, 4) is 5.75 Å². The molecule has 0 saturated heterocycles. The van der Waals surface area contributed by atoms with Gasteiger partial charge in [-0.25, -0.2) is 0 Å². The molecule has 2 aromatic rings. The normalized spacial score (nSPS) is 11.7. The lowest BCUT2D eigenvalue weighted by molar-refractivity contribution is 0.414. The Bertz CT molecular complexity index is 567. The van der Waals surface area contributed by atoms with Gasteiger partial charge in [0.2, 0.25) is 0 Å². The predicted octanol–water partition coefficient (Wildman–Crippen LogP) is 3.27. The van der Waals surface area contributed by atoms with E-state index in [1.165, 1.54) is 0 Å². The molecule has 0 saturated carbocycles. The maximum absolute atomic E-state index is 5.33. The van der Waals surface area contributed by atoms with Crippen LogP contribution in [0.25, 0.3) is 0 Å². The van der Waals surface area contributed by atoms with Crippen molar-refractivity contribution < 1.29 is 9.15 Å². The van der Waals surface area contributed by atoms with Gasteiger partial charge in [0.1, 0.15) is 11.5 Å². The summed E-state index contributed by atoms with van der Waals surface area (Å²) in [5.74, 6) is 1.86. The molecule has 5 heteroatoms. The van der Waals surface area contributed by atoms with E-state index in [2.05, 4.69) is 17.6 Å². The Balaban J connectivity index is 1.68. The molecule has 0 aliphatic heterocycles. The van der Waals surface area contributed by atoms with Crippen molar-refractivity contribution in [2.75, 3.05) is 7.11 Å². The summed E-state index contributed by atoms with van der Waals surface area (Å²) in [6.45, 7) is 2.81. The lowest BCUT2D eigenvalue weighted by Gasteiger charge is -2.16. The number of nitrogens with one attached hydrogen (secondary N) is 2. The smallest absolute Gasteiger partial charge is 0.166 e. The third-order valence-electron chi connectivity index (χ3n) is 3.39. The van der Waals surface area contributed by atoms with Gasteiger partial charge < -0.3 is 19.8 Å². The molecule has 0 radical (unpaired) electrons. The molecule has 1 heterocycles. The van der Waals surface area contributed by atoms with Crippen LogP contribution < -0.4 is 15.4 Å². The zero-order valence-electron chi connectivity index (χ0n) is 13.0. The van der Waals surface area contributed by atoms with Crippen molar-refractivity contribution in [2.24, 2.45) is 0 Å². The lowest BCUT2D eigenvalue weighted by Crippen LogP contribution is -2.40. The fourth-order valence-corrected chi connectivity index (χ4v) is 2.36. The molecule has 22 heavy (non-hydrogen) atoms. The molecule has 1 aromatic heterocycles. The Morgan fingerprint density at radius 2 is 2.05 bits per heavy atom. The number of hydrogen-bond donors (Lipinski definition) is 2. The van der Waals surface area contributed by atoms with Gasteiger partial charge in [0.05, 0.1) is 13.4 Å². The van der Waals surface area contributed by atoms with Crippen LogP contribution >= 0.6 is 12.2 Å². The van der Waals surface area contributed by atoms with E-state index in [9.17, 15) is 0 Å². The fourth-order valence-electron chi connectivity index (χ4n) is 2.09. The summed E-state index contributed by atoms with van der Waals surface area (Å²) < 4.78 is 10.5. The number of ether oxygens (including phenoxy) is 1. The Hall–Kier alpha value is -2.01. The molecular weight excluding hydrogens is 296 g/mol. The minimum atomic E-state index is 0.293. The highest BCUT2D eigenvalue weighted by molar-refractivity contribution is 7.80. The zero-order valence-corrected chi connectivity index (χ0v) is 13.8. The summed E-state index contributed by atoms with van der Waals surface area (Å²) in [6.07, 6.45) is 3.58. The first-order chi connectivity index (χ1) is 10.7. The number of thiocarbonyl (C=S) groups is 1. The molecule has 0 fully saturated rings. The number of furan rings is 1. The Morgan fingerprint density at radius 1 is 1.27 bits per heavy atom. The first-order valence-electron chi connectivity index (χ1n) is 7.37. The number of methoxy groups -OCH3 is 1. The van der Waals surface area contributed by atoms with Gasteiger partial charge in [0, 0.05) is 19.0 Å². The van der Waals surface area contributed by atoms with E-state index in [0.29, 0.717) is 17.7 Å². The summed E-state index contributed by atoms with van der Waals surface area (Å²) in [4.78, 5) is 0. The van der Waals surface area contributed by atoms with Crippen LogP contribution in [0.1, 0.15) is 24.7 Å². The Morgan fingerprint density at radius 3 is 2.68 bits per heavy atom. The van der Waals surface area contributed by atoms with Gasteiger partial charge in [-0.3, -0.25) is 0 Å². The highest BCUT2D eigenvalue weighted by Gasteiger charge is 2.06. The van der Waals surface area contributed by atoms with Gasteiger partial charge in [0.25, 0.3) is 0 Å². The number of aryl methyl sites for hydroxylation is 1. The van der Waals surface area contributed by atoms with Crippen LogP contribution in [-0.4, -0.2) is 18.3 Å². The molecule has 4 nitrogen and oxygen atoms in total. The van der Waals surface area contributed by atoms with Gasteiger partial charge in [-0.15, -0.1) is 0 Å². The van der Waals surface area contributed by atoms with Gasteiger partial charge in [-0.1, -0.05) is 12.1 Å². The Labute approximate surface area is 136 Å². The molecule has 0 aliphatic carbocycles. The van der Waals surface area contributed by atoms with Gasteiger partial charge in [0.15, 0.2) is 5.11 Å². The summed E-state index contributed by atoms with van der Waals surface area (Å²) >= 11 is 5.32. The predicted molar refractivity (Wildman–Crippen MR) is 92.1 cm³/mol. The largest absolute Gasteiger partial charge is 0.497 e. The van der Waals surface area contributed by atoms with Crippen LogP contribution in [0.3, 0.4) is 0 Å². The molecule has 0 amide bonds. The Kier molecular flexibility index (Phi) is 6.27. The topological polar surface area (TPSA) is 46.4 Å².